The van der Waals surface area contributed by atoms with Gasteiger partial charge in [0.05, 0.1) is 25.9 Å². The van der Waals surface area contributed by atoms with Gasteiger partial charge < -0.3 is 19.7 Å². The van der Waals surface area contributed by atoms with Gasteiger partial charge >= 0.3 is 0 Å². The maximum absolute atomic E-state index is 13.4. The largest absolute Gasteiger partial charge is 0.376 e. The molecule has 1 amide bonds. The highest BCUT2D eigenvalue weighted by Crippen LogP contribution is 2.06. The van der Waals surface area contributed by atoms with Crippen LogP contribution in [0.1, 0.15) is 12.0 Å². The Labute approximate surface area is 130 Å². The molecule has 0 bridgehead atoms. The van der Waals surface area contributed by atoms with Crippen molar-refractivity contribution < 1.29 is 18.7 Å². The number of benzene rings is 1. The van der Waals surface area contributed by atoms with Gasteiger partial charge in [-0.2, -0.15) is 0 Å². The second-order valence-electron chi connectivity index (χ2n) is 5.45. The fraction of sp³-hybridized carbons (Fsp3) is 0.562. The van der Waals surface area contributed by atoms with Gasteiger partial charge in [0.25, 0.3) is 0 Å². The van der Waals surface area contributed by atoms with Crippen molar-refractivity contribution in [2.24, 2.45) is 0 Å². The van der Waals surface area contributed by atoms with E-state index in [0.717, 1.165) is 6.54 Å². The van der Waals surface area contributed by atoms with Crippen molar-refractivity contribution in [1.82, 2.24) is 10.2 Å². The molecular formula is C16H23FN2O3. The Balaban J connectivity index is 1.63. The fourth-order valence-corrected chi connectivity index (χ4v) is 2.30. The SMILES string of the molecule is CN(CCC(=O)NCc1ccccc1F)C[C@@H]1COCCO1. The van der Waals surface area contributed by atoms with Gasteiger partial charge in [0.1, 0.15) is 5.82 Å². The van der Waals surface area contributed by atoms with E-state index in [-0.39, 0.29) is 24.4 Å². The van der Waals surface area contributed by atoms with Gasteiger partial charge in [-0.05, 0) is 13.1 Å². The van der Waals surface area contributed by atoms with Crippen LogP contribution in [0.25, 0.3) is 0 Å². The van der Waals surface area contributed by atoms with Gasteiger partial charge in [-0.15, -0.1) is 0 Å². The number of nitrogens with one attached hydrogen (secondary N) is 1. The molecule has 122 valence electrons. The van der Waals surface area contributed by atoms with Gasteiger partial charge in [0.2, 0.25) is 5.91 Å². The predicted octanol–water partition coefficient (Wildman–Crippen LogP) is 1.18. The number of ether oxygens (including phenoxy) is 2. The van der Waals surface area contributed by atoms with Gasteiger partial charge in [-0.1, -0.05) is 18.2 Å². The zero-order valence-corrected chi connectivity index (χ0v) is 12.9. The highest BCUT2D eigenvalue weighted by Gasteiger charge is 2.16. The number of amides is 1. The minimum Gasteiger partial charge on any atom is -0.376 e. The molecule has 1 N–H and O–H groups in total. The minimum atomic E-state index is -0.297. The molecule has 1 saturated heterocycles. The van der Waals surface area contributed by atoms with E-state index in [1.807, 2.05) is 11.9 Å². The van der Waals surface area contributed by atoms with E-state index in [2.05, 4.69) is 5.32 Å². The molecule has 0 saturated carbocycles. The third-order valence-corrected chi connectivity index (χ3v) is 3.55. The van der Waals surface area contributed by atoms with E-state index in [1.165, 1.54) is 6.07 Å². The van der Waals surface area contributed by atoms with E-state index in [4.69, 9.17) is 9.47 Å². The number of nitrogens with zero attached hydrogens (tertiary/aromatic N) is 1. The van der Waals surface area contributed by atoms with Gasteiger partial charge in [-0.25, -0.2) is 4.39 Å². The summed E-state index contributed by atoms with van der Waals surface area (Å²) in [6.45, 7) is 3.46. The van der Waals surface area contributed by atoms with Gasteiger partial charge in [-0.3, -0.25) is 4.79 Å². The zero-order valence-electron chi connectivity index (χ0n) is 12.9. The number of carbonyl (C=O) groups is 1. The third-order valence-electron chi connectivity index (χ3n) is 3.55. The molecule has 2 rings (SSSR count). The number of hydrogen-bond acceptors (Lipinski definition) is 4. The third kappa shape index (κ3) is 5.71. The molecular weight excluding hydrogens is 287 g/mol. The average Bonchev–Trinajstić information content (AvgIpc) is 2.53. The first-order valence-corrected chi connectivity index (χ1v) is 7.53. The minimum absolute atomic E-state index is 0.0697. The number of carbonyl (C=O) groups excluding carboxylic acids is 1. The van der Waals surface area contributed by atoms with E-state index in [9.17, 15) is 9.18 Å². The highest BCUT2D eigenvalue weighted by molar-refractivity contribution is 5.76. The van der Waals surface area contributed by atoms with Crippen LogP contribution >= 0.6 is 0 Å². The molecule has 5 nitrogen and oxygen atoms in total. The lowest BCUT2D eigenvalue weighted by Crippen LogP contribution is -2.39. The standard InChI is InChI=1S/C16H23FN2O3/c1-19(11-14-12-21-8-9-22-14)7-6-16(20)18-10-13-4-2-3-5-15(13)17/h2-5,14H,6-12H2,1H3,(H,18,20)/t14-/m1/s1. The molecule has 0 unspecified atom stereocenters. The summed E-state index contributed by atoms with van der Waals surface area (Å²) >= 11 is 0. The Morgan fingerprint density at radius 2 is 2.23 bits per heavy atom. The lowest BCUT2D eigenvalue weighted by atomic mass is 10.2. The topological polar surface area (TPSA) is 50.8 Å². The van der Waals surface area contributed by atoms with Crippen molar-refractivity contribution in [3.8, 4) is 0 Å². The summed E-state index contributed by atoms with van der Waals surface area (Å²) in [4.78, 5) is 13.9. The molecule has 1 fully saturated rings. The molecule has 0 aliphatic carbocycles. The maximum Gasteiger partial charge on any atom is 0.221 e. The normalized spacial score (nSPS) is 18.4. The molecule has 1 heterocycles. The van der Waals surface area contributed by atoms with Crippen LogP contribution in [-0.4, -0.2) is 56.9 Å². The zero-order chi connectivity index (χ0) is 15.8. The van der Waals surface area contributed by atoms with Crippen molar-refractivity contribution >= 4 is 5.91 Å². The second-order valence-corrected chi connectivity index (χ2v) is 5.45. The molecule has 0 aromatic heterocycles. The monoisotopic (exact) mass is 310 g/mol. The Bertz CT molecular complexity index is 478. The van der Waals surface area contributed by atoms with Crippen LogP contribution in [0, 0.1) is 5.82 Å². The van der Waals surface area contributed by atoms with Crippen LogP contribution in [0.2, 0.25) is 0 Å². The summed E-state index contributed by atoms with van der Waals surface area (Å²) in [5, 5.41) is 2.74. The quantitative estimate of drug-likeness (QED) is 0.822. The first kappa shape index (κ1) is 16.9. The van der Waals surface area contributed by atoms with Crippen LogP contribution in [0.5, 0.6) is 0 Å². The number of likely N-dealkylation sites (N-methyl/N-ethyl adjacent to an activating group) is 1. The molecule has 0 radical (unpaired) electrons. The van der Waals surface area contributed by atoms with Gasteiger partial charge in [0.15, 0.2) is 0 Å². The molecule has 1 aromatic rings. The van der Waals surface area contributed by atoms with Gasteiger partial charge in [0, 0.05) is 31.6 Å². The second kappa shape index (κ2) is 8.82. The highest BCUT2D eigenvalue weighted by atomic mass is 19.1. The predicted molar refractivity (Wildman–Crippen MR) is 80.9 cm³/mol. The Morgan fingerprint density at radius 1 is 1.41 bits per heavy atom. The molecule has 1 atom stereocenters. The van der Waals surface area contributed by atoms with Crippen molar-refractivity contribution in [3.63, 3.8) is 0 Å². The Morgan fingerprint density at radius 3 is 2.95 bits per heavy atom. The molecule has 6 heteroatoms. The summed E-state index contributed by atoms with van der Waals surface area (Å²) in [6, 6.07) is 6.45. The van der Waals surface area contributed by atoms with Crippen LogP contribution in [0.3, 0.4) is 0 Å². The summed E-state index contributed by atoms with van der Waals surface area (Å²) in [5.74, 6) is -0.384. The van der Waals surface area contributed by atoms with E-state index in [0.29, 0.717) is 38.3 Å². The first-order valence-electron chi connectivity index (χ1n) is 7.53. The van der Waals surface area contributed by atoms with Crippen molar-refractivity contribution in [2.75, 3.05) is 40.0 Å². The molecule has 1 aliphatic heterocycles. The summed E-state index contributed by atoms with van der Waals surface area (Å²) in [6.07, 6.45) is 0.443. The Kier molecular flexibility index (Phi) is 6.76. The number of halogens is 1. The maximum atomic E-state index is 13.4. The average molecular weight is 310 g/mol. The van der Waals surface area contributed by atoms with Crippen molar-refractivity contribution in [1.29, 1.82) is 0 Å². The fourth-order valence-electron chi connectivity index (χ4n) is 2.30. The van der Waals surface area contributed by atoms with Crippen LogP contribution in [0.15, 0.2) is 24.3 Å². The molecule has 1 aliphatic rings. The Hall–Kier alpha value is -1.50. The molecule has 1 aromatic carbocycles. The van der Waals surface area contributed by atoms with Crippen molar-refractivity contribution in [3.05, 3.63) is 35.6 Å². The smallest absolute Gasteiger partial charge is 0.221 e. The molecule has 22 heavy (non-hydrogen) atoms. The lowest BCUT2D eigenvalue weighted by Gasteiger charge is -2.27. The summed E-state index contributed by atoms with van der Waals surface area (Å²) < 4.78 is 24.3. The number of rotatable bonds is 7. The van der Waals surface area contributed by atoms with Crippen LogP contribution in [0.4, 0.5) is 4.39 Å². The molecule has 0 spiro atoms. The van der Waals surface area contributed by atoms with Crippen LogP contribution < -0.4 is 5.32 Å². The number of hydrogen-bond donors (Lipinski definition) is 1. The van der Waals surface area contributed by atoms with Crippen LogP contribution in [-0.2, 0) is 20.8 Å². The van der Waals surface area contributed by atoms with Crippen molar-refractivity contribution in [2.45, 2.75) is 19.1 Å². The summed E-state index contributed by atoms with van der Waals surface area (Å²) in [7, 11) is 1.95. The van der Waals surface area contributed by atoms with E-state index in [1.54, 1.807) is 18.2 Å². The first-order chi connectivity index (χ1) is 10.6. The van der Waals surface area contributed by atoms with E-state index >= 15 is 0 Å². The summed E-state index contributed by atoms with van der Waals surface area (Å²) in [5.41, 5.74) is 0.497. The lowest BCUT2D eigenvalue weighted by molar-refractivity contribution is -0.122. The van der Waals surface area contributed by atoms with E-state index < -0.39 is 0 Å².